The average molecular weight is 418 g/mol. The molecule has 0 spiro atoms. The molecule has 1 aliphatic heterocycles. The maximum atomic E-state index is 11.5. The Balaban J connectivity index is 2.00. The lowest BCUT2D eigenvalue weighted by Gasteiger charge is -2.48. The largest absolute Gasteiger partial charge is 0.496 e. The first-order chi connectivity index (χ1) is 14.9. The molecule has 1 heterocycles. The van der Waals surface area contributed by atoms with Gasteiger partial charge in [-0.3, -0.25) is 16.0 Å². The second-order valence-electron chi connectivity index (χ2n) is 7.01. The van der Waals surface area contributed by atoms with Crippen LogP contribution in [0.1, 0.15) is 21.5 Å². The average Bonchev–Trinajstić information content (AvgIpc) is 2.79. The number of benzene rings is 3. The Morgan fingerprint density at radius 1 is 1.03 bits per heavy atom. The molecular formula is C23H22N4O4. The van der Waals surface area contributed by atoms with Crippen LogP contribution in [0.15, 0.2) is 66.7 Å². The number of nitrogens with two attached hydrogens (primary N) is 1. The number of hydrogen-bond acceptors (Lipinski definition) is 6. The second kappa shape index (κ2) is 7.66. The van der Waals surface area contributed by atoms with E-state index in [9.17, 15) is 9.90 Å². The van der Waals surface area contributed by atoms with E-state index < -0.39 is 11.8 Å². The highest BCUT2D eigenvalue weighted by Gasteiger charge is 2.45. The van der Waals surface area contributed by atoms with Gasteiger partial charge in [0.05, 0.1) is 31.0 Å². The number of amidine groups is 1. The lowest BCUT2D eigenvalue weighted by Crippen LogP contribution is -2.64. The molecular weight excluding hydrogens is 396 g/mol. The molecule has 1 atom stereocenters. The standard InChI is InChI=1S/C23H22N4O4/c1-30-19-9-5-3-7-16(19)23(25)26-17-12-11-14(22(28)29)13-15(17)21(24)27(23)18-8-4-6-10-20(18)31-2/h3-13,24,26H,25H2,1-2H3,(H,28,29). The Labute approximate surface area is 179 Å². The Hall–Kier alpha value is -4.04. The number of hydrogen-bond donors (Lipinski definition) is 4. The van der Waals surface area contributed by atoms with Crippen molar-refractivity contribution in [2.45, 2.75) is 5.79 Å². The number of para-hydroxylation sites is 3. The molecule has 4 rings (SSSR count). The highest BCUT2D eigenvalue weighted by Crippen LogP contribution is 2.43. The van der Waals surface area contributed by atoms with Crippen molar-refractivity contribution in [1.29, 1.82) is 5.41 Å². The van der Waals surface area contributed by atoms with Gasteiger partial charge >= 0.3 is 5.97 Å². The summed E-state index contributed by atoms with van der Waals surface area (Å²) in [5, 5.41) is 21.7. The number of fused-ring (bicyclic) bond motifs is 1. The maximum Gasteiger partial charge on any atom is 0.335 e. The predicted molar refractivity (Wildman–Crippen MR) is 118 cm³/mol. The third kappa shape index (κ3) is 3.23. The van der Waals surface area contributed by atoms with Crippen molar-refractivity contribution in [1.82, 2.24) is 0 Å². The van der Waals surface area contributed by atoms with Crippen LogP contribution >= 0.6 is 0 Å². The molecule has 5 N–H and O–H groups in total. The van der Waals surface area contributed by atoms with Crippen LogP contribution in [-0.4, -0.2) is 31.1 Å². The van der Waals surface area contributed by atoms with Gasteiger partial charge in [0.25, 0.3) is 0 Å². The van der Waals surface area contributed by atoms with Crippen molar-refractivity contribution in [2.75, 3.05) is 24.4 Å². The van der Waals surface area contributed by atoms with Gasteiger partial charge in [0.15, 0.2) is 0 Å². The Kier molecular flexibility index (Phi) is 5.00. The first-order valence-corrected chi connectivity index (χ1v) is 9.50. The molecule has 8 heteroatoms. The number of rotatable bonds is 5. The minimum atomic E-state index is -1.42. The van der Waals surface area contributed by atoms with Gasteiger partial charge in [-0.25, -0.2) is 4.79 Å². The first-order valence-electron chi connectivity index (χ1n) is 9.50. The molecule has 1 unspecified atom stereocenters. The molecule has 0 amide bonds. The Morgan fingerprint density at radius 2 is 1.68 bits per heavy atom. The number of carboxylic acids is 1. The summed E-state index contributed by atoms with van der Waals surface area (Å²) >= 11 is 0. The molecule has 158 valence electrons. The van der Waals surface area contributed by atoms with Crippen molar-refractivity contribution in [3.63, 3.8) is 0 Å². The number of nitrogens with zero attached hydrogens (tertiary/aromatic N) is 1. The maximum absolute atomic E-state index is 11.5. The van der Waals surface area contributed by atoms with Crippen molar-refractivity contribution in [3.05, 3.63) is 83.4 Å². The van der Waals surface area contributed by atoms with Crippen molar-refractivity contribution in [2.24, 2.45) is 5.73 Å². The van der Waals surface area contributed by atoms with Gasteiger partial charge in [0, 0.05) is 11.3 Å². The van der Waals surface area contributed by atoms with Gasteiger partial charge < -0.3 is 19.9 Å². The highest BCUT2D eigenvalue weighted by molar-refractivity contribution is 6.15. The van der Waals surface area contributed by atoms with Crippen LogP contribution < -0.4 is 25.4 Å². The predicted octanol–water partition coefficient (Wildman–Crippen LogP) is 3.43. The van der Waals surface area contributed by atoms with Crippen molar-refractivity contribution < 1.29 is 19.4 Å². The van der Waals surface area contributed by atoms with E-state index in [0.717, 1.165) is 0 Å². The van der Waals surface area contributed by atoms with Gasteiger partial charge in [0.1, 0.15) is 17.3 Å². The minimum absolute atomic E-state index is 0.0229. The van der Waals surface area contributed by atoms with Gasteiger partial charge in [0.2, 0.25) is 5.79 Å². The normalized spacial score (nSPS) is 17.5. The lowest BCUT2D eigenvalue weighted by atomic mass is 9.96. The van der Waals surface area contributed by atoms with E-state index in [-0.39, 0.29) is 11.4 Å². The summed E-state index contributed by atoms with van der Waals surface area (Å²) in [5.41, 5.74) is 9.14. The molecule has 1 aliphatic rings. The van der Waals surface area contributed by atoms with E-state index in [0.29, 0.717) is 34.0 Å². The summed E-state index contributed by atoms with van der Waals surface area (Å²) in [5.74, 6) is -1.42. The quantitative estimate of drug-likeness (QED) is 0.501. The van der Waals surface area contributed by atoms with Crippen LogP contribution in [0.3, 0.4) is 0 Å². The van der Waals surface area contributed by atoms with Crippen LogP contribution in [0.2, 0.25) is 0 Å². The van der Waals surface area contributed by atoms with Crippen LogP contribution in [0.5, 0.6) is 11.5 Å². The molecule has 31 heavy (non-hydrogen) atoms. The number of ether oxygens (including phenoxy) is 2. The molecule has 0 fully saturated rings. The van der Waals surface area contributed by atoms with Gasteiger partial charge in [-0.1, -0.05) is 24.3 Å². The van der Waals surface area contributed by atoms with Gasteiger partial charge in [-0.15, -0.1) is 0 Å². The summed E-state index contributed by atoms with van der Waals surface area (Å²) in [7, 11) is 3.09. The zero-order valence-electron chi connectivity index (χ0n) is 17.0. The molecule has 0 aromatic heterocycles. The lowest BCUT2D eigenvalue weighted by molar-refractivity contribution is 0.0697. The fourth-order valence-electron chi connectivity index (χ4n) is 3.81. The SMILES string of the molecule is COc1ccccc1N1C(=N)c2cc(C(=O)O)ccc2NC1(N)c1ccccc1OC. The van der Waals surface area contributed by atoms with Gasteiger partial charge in [-0.2, -0.15) is 0 Å². The van der Waals surface area contributed by atoms with E-state index >= 15 is 0 Å². The van der Waals surface area contributed by atoms with Crippen molar-refractivity contribution >= 4 is 23.2 Å². The molecule has 0 radical (unpaired) electrons. The summed E-state index contributed by atoms with van der Waals surface area (Å²) in [6, 6.07) is 19.0. The number of carbonyl (C=O) groups is 1. The van der Waals surface area contributed by atoms with Crippen molar-refractivity contribution in [3.8, 4) is 11.5 Å². The number of aromatic carboxylic acids is 1. The zero-order valence-corrected chi connectivity index (χ0v) is 17.0. The molecule has 0 saturated carbocycles. The molecule has 3 aromatic rings. The molecule has 0 saturated heterocycles. The van der Waals surface area contributed by atoms with Crippen LogP contribution in [0.25, 0.3) is 0 Å². The molecule has 0 aliphatic carbocycles. The van der Waals surface area contributed by atoms with E-state index in [2.05, 4.69) is 5.32 Å². The van der Waals surface area contributed by atoms with E-state index in [1.807, 2.05) is 30.3 Å². The smallest absolute Gasteiger partial charge is 0.335 e. The van der Waals surface area contributed by atoms with Crippen LogP contribution in [0, 0.1) is 5.41 Å². The monoisotopic (exact) mass is 418 g/mol. The summed E-state index contributed by atoms with van der Waals surface area (Å²) in [4.78, 5) is 13.1. The third-order valence-corrected chi connectivity index (χ3v) is 5.27. The molecule has 8 nitrogen and oxygen atoms in total. The summed E-state index contributed by atoms with van der Waals surface area (Å²) in [6.07, 6.45) is 0. The number of methoxy groups -OCH3 is 2. The van der Waals surface area contributed by atoms with E-state index in [1.54, 1.807) is 36.3 Å². The minimum Gasteiger partial charge on any atom is -0.496 e. The summed E-state index contributed by atoms with van der Waals surface area (Å²) < 4.78 is 11.1. The first kappa shape index (κ1) is 20.2. The number of nitrogens with one attached hydrogen (secondary N) is 2. The molecule has 3 aromatic carbocycles. The van der Waals surface area contributed by atoms with E-state index in [1.165, 1.54) is 19.2 Å². The van der Waals surface area contributed by atoms with Crippen LogP contribution in [0.4, 0.5) is 11.4 Å². The molecule has 0 bridgehead atoms. The topological polar surface area (TPSA) is 121 Å². The second-order valence-corrected chi connectivity index (χ2v) is 7.01. The Morgan fingerprint density at radius 3 is 2.35 bits per heavy atom. The Bertz CT molecular complexity index is 1180. The van der Waals surface area contributed by atoms with Crippen LogP contribution in [-0.2, 0) is 5.79 Å². The highest BCUT2D eigenvalue weighted by atomic mass is 16.5. The fourth-order valence-corrected chi connectivity index (χ4v) is 3.81. The summed E-state index contributed by atoms with van der Waals surface area (Å²) in [6.45, 7) is 0. The third-order valence-electron chi connectivity index (χ3n) is 5.27. The number of anilines is 2. The number of carboxylic acid groups (broad SMARTS) is 1. The van der Waals surface area contributed by atoms with E-state index in [4.69, 9.17) is 20.6 Å². The van der Waals surface area contributed by atoms with Gasteiger partial charge in [-0.05, 0) is 42.5 Å². The zero-order chi connectivity index (χ0) is 22.2. The fraction of sp³-hybridized carbons (Fsp3) is 0.130.